The fraction of sp³-hybridized carbons (Fsp3) is 0.280. The van der Waals surface area contributed by atoms with Gasteiger partial charge < -0.3 is 13.9 Å². The van der Waals surface area contributed by atoms with E-state index >= 15 is 0 Å². The number of morpholine rings is 1. The number of amides is 1. The molecule has 188 valence electrons. The summed E-state index contributed by atoms with van der Waals surface area (Å²) in [5, 5.41) is 0.490. The third-order valence-electron chi connectivity index (χ3n) is 5.99. The van der Waals surface area contributed by atoms with Crippen molar-refractivity contribution in [2.45, 2.75) is 18.4 Å². The Morgan fingerprint density at radius 1 is 1.14 bits per heavy atom. The number of hydrogen-bond acceptors (Lipinski definition) is 8. The van der Waals surface area contributed by atoms with E-state index in [4.69, 9.17) is 18.9 Å². The second-order valence-electron chi connectivity index (χ2n) is 8.27. The number of anilines is 1. The van der Waals surface area contributed by atoms with Crippen molar-refractivity contribution >= 4 is 42.6 Å². The van der Waals surface area contributed by atoms with Crippen molar-refractivity contribution in [1.82, 2.24) is 9.29 Å². The molecule has 1 aliphatic heterocycles. The lowest BCUT2D eigenvalue weighted by Crippen LogP contribution is -2.40. The molecule has 4 aromatic rings. The highest BCUT2D eigenvalue weighted by molar-refractivity contribution is 7.89. The summed E-state index contributed by atoms with van der Waals surface area (Å²) in [6, 6.07) is 13.4. The molecule has 9 nitrogen and oxygen atoms in total. The van der Waals surface area contributed by atoms with Crippen molar-refractivity contribution in [3.63, 3.8) is 0 Å². The minimum absolute atomic E-state index is 0.138. The van der Waals surface area contributed by atoms with Gasteiger partial charge in [0.25, 0.3) is 5.91 Å². The lowest BCUT2D eigenvalue weighted by atomic mass is 10.2. The molecule has 1 saturated heterocycles. The maximum Gasteiger partial charge on any atom is 0.260 e. The molecule has 1 fully saturated rings. The van der Waals surface area contributed by atoms with Gasteiger partial charge in [0.2, 0.25) is 10.0 Å². The van der Waals surface area contributed by atoms with Crippen molar-refractivity contribution in [3.8, 4) is 5.75 Å². The summed E-state index contributed by atoms with van der Waals surface area (Å²) >= 11 is 1.39. The summed E-state index contributed by atoms with van der Waals surface area (Å²) < 4.78 is 44.5. The van der Waals surface area contributed by atoms with Crippen LogP contribution in [0.15, 0.2) is 64.1 Å². The van der Waals surface area contributed by atoms with Crippen LogP contribution in [-0.4, -0.2) is 57.0 Å². The van der Waals surface area contributed by atoms with E-state index in [1.54, 1.807) is 25.5 Å². The summed E-state index contributed by atoms with van der Waals surface area (Å²) in [6.45, 7) is 3.49. The van der Waals surface area contributed by atoms with Crippen LogP contribution in [0.5, 0.6) is 5.75 Å². The molecule has 36 heavy (non-hydrogen) atoms. The maximum absolute atomic E-state index is 13.7. The van der Waals surface area contributed by atoms with E-state index in [1.165, 1.54) is 44.8 Å². The number of ether oxygens (including phenoxy) is 2. The van der Waals surface area contributed by atoms with E-state index in [1.807, 2.05) is 19.1 Å². The van der Waals surface area contributed by atoms with Gasteiger partial charge in [0.1, 0.15) is 17.0 Å². The Balaban J connectivity index is 1.49. The fourth-order valence-corrected chi connectivity index (χ4v) is 6.48. The van der Waals surface area contributed by atoms with Crippen LogP contribution in [0.3, 0.4) is 0 Å². The largest absolute Gasteiger partial charge is 0.494 e. The molecule has 0 unspecified atom stereocenters. The quantitative estimate of drug-likeness (QED) is 0.357. The Bertz CT molecular complexity index is 1470. The van der Waals surface area contributed by atoms with Gasteiger partial charge in [-0.25, -0.2) is 13.4 Å². The van der Waals surface area contributed by atoms with Crippen molar-refractivity contribution in [2.75, 3.05) is 38.3 Å². The number of rotatable bonds is 7. The molecule has 0 spiro atoms. The highest BCUT2D eigenvalue weighted by Gasteiger charge is 2.28. The van der Waals surface area contributed by atoms with Gasteiger partial charge in [-0.05, 0) is 55.0 Å². The smallest absolute Gasteiger partial charge is 0.260 e. The van der Waals surface area contributed by atoms with Crippen LogP contribution in [-0.2, 0) is 21.3 Å². The number of furan rings is 1. The second kappa shape index (κ2) is 10.0. The van der Waals surface area contributed by atoms with E-state index in [2.05, 4.69) is 0 Å². The zero-order valence-corrected chi connectivity index (χ0v) is 21.5. The van der Waals surface area contributed by atoms with E-state index in [0.29, 0.717) is 54.0 Å². The van der Waals surface area contributed by atoms with Crippen molar-refractivity contribution in [3.05, 3.63) is 71.7 Å². The highest BCUT2D eigenvalue weighted by atomic mass is 32.2. The first-order chi connectivity index (χ1) is 17.4. The van der Waals surface area contributed by atoms with Gasteiger partial charge in [0.05, 0.1) is 42.7 Å². The number of fused-ring (bicyclic) bond motifs is 1. The van der Waals surface area contributed by atoms with Crippen LogP contribution >= 0.6 is 11.3 Å². The second-order valence-corrected chi connectivity index (χ2v) is 11.2. The molecular formula is C25H25N3O6S2. The molecule has 11 heteroatoms. The van der Waals surface area contributed by atoms with Crippen LogP contribution in [0.2, 0.25) is 0 Å². The first-order valence-corrected chi connectivity index (χ1v) is 13.6. The molecule has 0 saturated carbocycles. The number of carbonyl (C=O) groups is 1. The topological polar surface area (TPSA) is 102 Å². The molecule has 0 bridgehead atoms. The molecule has 3 heterocycles. The number of benzene rings is 2. The molecular weight excluding hydrogens is 502 g/mol. The Morgan fingerprint density at radius 3 is 2.56 bits per heavy atom. The first-order valence-electron chi connectivity index (χ1n) is 11.3. The Morgan fingerprint density at radius 2 is 1.89 bits per heavy atom. The Kier molecular flexibility index (Phi) is 6.80. The standard InChI is InChI=1S/C25H25N3O6S2/c1-17-5-10-21(32-2)22-23(17)35-25(26-22)28(16-19-4-3-13-34-19)24(29)18-6-8-20(9-7-18)36(30,31)27-11-14-33-15-12-27/h3-10,13H,11-12,14-16H2,1-2H3. The van der Waals surface area contributed by atoms with E-state index in [-0.39, 0.29) is 17.3 Å². The number of nitrogens with zero attached hydrogens (tertiary/aromatic N) is 3. The van der Waals surface area contributed by atoms with Crippen LogP contribution in [0.1, 0.15) is 21.7 Å². The van der Waals surface area contributed by atoms with Crippen LogP contribution in [0.25, 0.3) is 10.2 Å². The van der Waals surface area contributed by atoms with Gasteiger partial charge in [-0.3, -0.25) is 9.69 Å². The molecule has 0 N–H and O–H groups in total. The summed E-state index contributed by atoms with van der Waals surface area (Å²) in [6.07, 6.45) is 1.55. The first kappa shape index (κ1) is 24.4. The summed E-state index contributed by atoms with van der Waals surface area (Å²) in [4.78, 5) is 20.1. The minimum Gasteiger partial charge on any atom is -0.494 e. The molecule has 2 aromatic heterocycles. The SMILES string of the molecule is COc1ccc(C)c2sc(N(Cc3ccco3)C(=O)c3ccc(S(=O)(=O)N4CCOCC4)cc3)nc12. The third-order valence-corrected chi connectivity index (χ3v) is 9.12. The minimum atomic E-state index is -3.66. The number of carbonyl (C=O) groups excluding carboxylic acids is 1. The Hall–Kier alpha value is -3.25. The summed E-state index contributed by atoms with van der Waals surface area (Å²) in [5.74, 6) is 0.899. The highest BCUT2D eigenvalue weighted by Crippen LogP contribution is 2.37. The number of sulfonamides is 1. The van der Waals surface area contributed by atoms with E-state index in [0.717, 1.165) is 10.3 Å². The number of aryl methyl sites for hydroxylation is 1. The van der Waals surface area contributed by atoms with Gasteiger partial charge in [-0.1, -0.05) is 17.4 Å². The third kappa shape index (κ3) is 4.62. The molecule has 0 radical (unpaired) electrons. The zero-order valence-electron chi connectivity index (χ0n) is 19.8. The monoisotopic (exact) mass is 527 g/mol. The lowest BCUT2D eigenvalue weighted by Gasteiger charge is -2.26. The molecule has 0 aliphatic carbocycles. The predicted molar refractivity (Wildman–Crippen MR) is 136 cm³/mol. The molecule has 0 atom stereocenters. The zero-order chi connectivity index (χ0) is 25.3. The lowest BCUT2D eigenvalue weighted by molar-refractivity contribution is 0.0730. The predicted octanol–water partition coefficient (Wildman–Crippen LogP) is 4.07. The maximum atomic E-state index is 13.7. The number of methoxy groups -OCH3 is 1. The van der Waals surface area contributed by atoms with Gasteiger partial charge in [0.15, 0.2) is 5.13 Å². The van der Waals surface area contributed by atoms with Gasteiger partial charge in [-0.2, -0.15) is 4.31 Å². The van der Waals surface area contributed by atoms with E-state index < -0.39 is 10.0 Å². The molecule has 2 aromatic carbocycles. The van der Waals surface area contributed by atoms with Crippen LogP contribution in [0.4, 0.5) is 5.13 Å². The van der Waals surface area contributed by atoms with Crippen LogP contribution < -0.4 is 9.64 Å². The van der Waals surface area contributed by atoms with E-state index in [9.17, 15) is 13.2 Å². The Labute approximate surface area is 212 Å². The van der Waals surface area contributed by atoms with Gasteiger partial charge in [0, 0.05) is 18.7 Å². The van der Waals surface area contributed by atoms with Crippen LogP contribution in [0, 0.1) is 6.92 Å². The summed E-state index contributed by atoms with van der Waals surface area (Å²) in [7, 11) is -2.07. The number of hydrogen-bond donors (Lipinski definition) is 0. The average Bonchev–Trinajstić information content (AvgIpc) is 3.58. The number of thiazole rings is 1. The van der Waals surface area contributed by atoms with Crippen molar-refractivity contribution in [2.24, 2.45) is 0 Å². The molecule has 1 aliphatic rings. The average molecular weight is 528 g/mol. The number of aromatic nitrogens is 1. The fourth-order valence-electron chi connectivity index (χ4n) is 4.02. The molecule has 5 rings (SSSR count). The van der Waals surface area contributed by atoms with Gasteiger partial charge >= 0.3 is 0 Å². The normalized spacial score (nSPS) is 14.7. The van der Waals surface area contributed by atoms with Crippen molar-refractivity contribution < 1.29 is 27.1 Å². The van der Waals surface area contributed by atoms with Gasteiger partial charge in [-0.15, -0.1) is 0 Å². The summed E-state index contributed by atoms with van der Waals surface area (Å²) in [5.41, 5.74) is 2.05. The molecule has 1 amide bonds. The van der Waals surface area contributed by atoms with Crippen molar-refractivity contribution in [1.29, 1.82) is 0 Å².